The average molecular weight is 334 g/mol. The molecule has 0 spiro atoms. The van der Waals surface area contributed by atoms with Gasteiger partial charge in [0.15, 0.2) is 0 Å². The van der Waals surface area contributed by atoms with Crippen LogP contribution in [0.3, 0.4) is 0 Å². The van der Waals surface area contributed by atoms with Crippen molar-refractivity contribution in [2.24, 2.45) is 0 Å². The molecule has 5 nitrogen and oxygen atoms in total. The second-order valence-corrected chi connectivity index (χ2v) is 7.05. The summed E-state index contributed by atoms with van der Waals surface area (Å²) in [6, 6.07) is 7.43. The van der Waals surface area contributed by atoms with Crippen LogP contribution in [0, 0.1) is 0 Å². The van der Waals surface area contributed by atoms with Crippen molar-refractivity contribution >= 4 is 28.6 Å². The minimum absolute atomic E-state index is 0.145. The summed E-state index contributed by atoms with van der Waals surface area (Å²) in [5, 5.41) is 3.83. The molecule has 0 bridgehead atoms. The molecule has 0 aliphatic heterocycles. The van der Waals surface area contributed by atoms with Crippen molar-refractivity contribution in [1.82, 2.24) is 10.3 Å². The first-order valence-electron chi connectivity index (χ1n) is 7.27. The molecule has 1 unspecified atom stereocenters. The summed E-state index contributed by atoms with van der Waals surface area (Å²) in [5.41, 5.74) is -0.0574. The van der Waals surface area contributed by atoms with E-state index < -0.39 is 5.44 Å². The normalized spacial score (nSPS) is 12.7. The Morgan fingerprint density at radius 2 is 1.96 bits per heavy atom. The number of nitrogens with one attached hydrogen (secondary N) is 1. The van der Waals surface area contributed by atoms with E-state index in [-0.39, 0.29) is 11.4 Å². The van der Waals surface area contributed by atoms with Gasteiger partial charge in [-0.05, 0) is 51.3 Å². The van der Waals surface area contributed by atoms with Crippen LogP contribution in [0.1, 0.15) is 20.8 Å². The van der Waals surface area contributed by atoms with Gasteiger partial charge in [-0.25, -0.2) is 0 Å². The minimum atomic E-state index is -0.606. The fraction of sp³-hybridized carbons (Fsp3) is 0.412. The van der Waals surface area contributed by atoms with Crippen LogP contribution in [-0.2, 0) is 4.79 Å². The van der Waals surface area contributed by atoms with Crippen molar-refractivity contribution < 1.29 is 14.3 Å². The molecule has 2 rings (SSSR count). The van der Waals surface area contributed by atoms with Crippen molar-refractivity contribution in [2.45, 2.75) is 31.7 Å². The molecule has 1 aromatic heterocycles. The molecule has 6 heteroatoms. The summed E-state index contributed by atoms with van der Waals surface area (Å²) >= 11 is 1.35. The third-order valence-electron chi connectivity index (χ3n) is 3.03. The molecule has 1 aromatic carbocycles. The number of amides is 1. The number of pyridine rings is 1. The quantitative estimate of drug-likeness (QED) is 0.851. The molecule has 0 aliphatic rings. The van der Waals surface area contributed by atoms with E-state index in [9.17, 15) is 4.79 Å². The SMILES string of the molecule is COc1cnc2ccc(OC(SC)C(=O)NC(C)(C)C)cc2c1. The van der Waals surface area contributed by atoms with Gasteiger partial charge >= 0.3 is 0 Å². The van der Waals surface area contributed by atoms with Crippen LogP contribution < -0.4 is 14.8 Å². The van der Waals surface area contributed by atoms with Crippen LogP contribution in [0.2, 0.25) is 0 Å². The van der Waals surface area contributed by atoms with Gasteiger partial charge < -0.3 is 14.8 Å². The van der Waals surface area contributed by atoms with Crippen LogP contribution >= 0.6 is 11.8 Å². The first kappa shape index (κ1) is 17.4. The van der Waals surface area contributed by atoms with Gasteiger partial charge in [-0.3, -0.25) is 9.78 Å². The van der Waals surface area contributed by atoms with E-state index in [2.05, 4.69) is 10.3 Å². The number of nitrogens with zero attached hydrogens (tertiary/aromatic N) is 1. The molecular weight excluding hydrogens is 312 g/mol. The van der Waals surface area contributed by atoms with E-state index in [1.165, 1.54) is 11.8 Å². The molecule has 0 saturated carbocycles. The Bertz CT molecular complexity index is 698. The number of rotatable bonds is 5. The number of ether oxygens (including phenoxy) is 2. The highest BCUT2D eigenvalue weighted by Crippen LogP contribution is 2.25. The highest BCUT2D eigenvalue weighted by atomic mass is 32.2. The molecule has 124 valence electrons. The third kappa shape index (κ3) is 4.76. The maximum absolute atomic E-state index is 12.3. The molecule has 0 aliphatic carbocycles. The minimum Gasteiger partial charge on any atom is -0.495 e. The van der Waals surface area contributed by atoms with Crippen LogP contribution in [0.15, 0.2) is 30.5 Å². The molecule has 0 radical (unpaired) electrons. The van der Waals surface area contributed by atoms with E-state index in [4.69, 9.17) is 9.47 Å². The molecular formula is C17H22N2O3S. The Labute approximate surface area is 140 Å². The summed E-state index contributed by atoms with van der Waals surface area (Å²) in [7, 11) is 1.60. The maximum Gasteiger partial charge on any atom is 0.272 e. The van der Waals surface area contributed by atoms with Crippen LogP contribution in [0.5, 0.6) is 11.5 Å². The van der Waals surface area contributed by atoms with E-state index in [0.29, 0.717) is 11.5 Å². The van der Waals surface area contributed by atoms with Gasteiger partial charge in [0, 0.05) is 10.9 Å². The van der Waals surface area contributed by atoms with Gasteiger partial charge in [-0.1, -0.05) is 0 Å². The molecule has 1 amide bonds. The van der Waals surface area contributed by atoms with Gasteiger partial charge in [0.2, 0.25) is 5.44 Å². The topological polar surface area (TPSA) is 60.5 Å². The third-order valence-corrected chi connectivity index (χ3v) is 3.77. The fourth-order valence-corrected chi connectivity index (χ4v) is 2.52. The number of methoxy groups -OCH3 is 1. The van der Waals surface area contributed by atoms with E-state index in [1.807, 2.05) is 51.3 Å². The van der Waals surface area contributed by atoms with Gasteiger partial charge in [0.25, 0.3) is 5.91 Å². The number of carbonyl (C=O) groups excluding carboxylic acids is 1. The van der Waals surface area contributed by atoms with Gasteiger partial charge in [0.1, 0.15) is 11.5 Å². The van der Waals surface area contributed by atoms with Gasteiger partial charge in [-0.15, -0.1) is 11.8 Å². The molecule has 1 heterocycles. The smallest absolute Gasteiger partial charge is 0.272 e. The lowest BCUT2D eigenvalue weighted by Crippen LogP contribution is -2.46. The summed E-state index contributed by atoms with van der Waals surface area (Å²) < 4.78 is 11.0. The molecule has 0 saturated heterocycles. The Hall–Kier alpha value is -1.95. The van der Waals surface area contributed by atoms with Crippen molar-refractivity contribution in [2.75, 3.05) is 13.4 Å². The second kappa shape index (κ2) is 7.08. The number of carbonyl (C=O) groups is 1. The Morgan fingerprint density at radius 3 is 2.57 bits per heavy atom. The highest BCUT2D eigenvalue weighted by Gasteiger charge is 2.23. The molecule has 1 atom stereocenters. The van der Waals surface area contributed by atoms with Gasteiger partial charge in [0.05, 0.1) is 18.8 Å². The largest absolute Gasteiger partial charge is 0.495 e. The number of aromatic nitrogens is 1. The first-order chi connectivity index (χ1) is 10.8. The van der Waals surface area contributed by atoms with Crippen molar-refractivity contribution in [3.8, 4) is 11.5 Å². The Kier molecular flexibility index (Phi) is 5.36. The van der Waals surface area contributed by atoms with Crippen molar-refractivity contribution in [3.05, 3.63) is 30.5 Å². The summed E-state index contributed by atoms with van der Waals surface area (Å²) in [6.07, 6.45) is 3.52. The zero-order valence-corrected chi connectivity index (χ0v) is 14.9. The molecule has 2 aromatic rings. The number of hydrogen-bond acceptors (Lipinski definition) is 5. The monoisotopic (exact) mass is 334 g/mol. The summed E-state index contributed by atoms with van der Waals surface area (Å²) in [4.78, 5) is 16.6. The lowest BCUT2D eigenvalue weighted by molar-refractivity contribution is -0.125. The van der Waals surface area contributed by atoms with E-state index in [0.717, 1.165) is 10.9 Å². The van der Waals surface area contributed by atoms with E-state index in [1.54, 1.807) is 13.3 Å². The fourth-order valence-electron chi connectivity index (χ4n) is 2.04. The lowest BCUT2D eigenvalue weighted by Gasteiger charge is -2.24. The Balaban J connectivity index is 2.20. The van der Waals surface area contributed by atoms with Crippen LogP contribution in [0.25, 0.3) is 10.9 Å². The average Bonchev–Trinajstić information content (AvgIpc) is 2.49. The number of thioether (sulfide) groups is 1. The molecule has 0 fully saturated rings. The maximum atomic E-state index is 12.3. The molecule has 23 heavy (non-hydrogen) atoms. The van der Waals surface area contributed by atoms with Gasteiger partial charge in [-0.2, -0.15) is 0 Å². The van der Waals surface area contributed by atoms with Crippen LogP contribution in [0.4, 0.5) is 0 Å². The zero-order valence-electron chi connectivity index (χ0n) is 14.0. The van der Waals surface area contributed by atoms with Crippen LogP contribution in [-0.4, -0.2) is 35.2 Å². The van der Waals surface area contributed by atoms with E-state index >= 15 is 0 Å². The number of benzene rings is 1. The summed E-state index contributed by atoms with van der Waals surface area (Å²) in [5.74, 6) is 1.16. The first-order valence-corrected chi connectivity index (χ1v) is 8.56. The molecule has 1 N–H and O–H groups in total. The standard InChI is InChI=1S/C17H22N2O3S/c1-17(2,3)19-15(20)16(23-5)22-12-6-7-14-11(8-12)9-13(21-4)10-18-14/h6-10,16H,1-5H3,(H,19,20). The Morgan fingerprint density at radius 1 is 1.26 bits per heavy atom. The predicted octanol–water partition coefficient (Wildman–Crippen LogP) is 3.23. The van der Waals surface area contributed by atoms with Crippen molar-refractivity contribution in [3.63, 3.8) is 0 Å². The summed E-state index contributed by atoms with van der Waals surface area (Å²) in [6.45, 7) is 5.82. The zero-order chi connectivity index (χ0) is 17.0. The van der Waals surface area contributed by atoms with Crippen molar-refractivity contribution in [1.29, 1.82) is 0 Å². The number of hydrogen-bond donors (Lipinski definition) is 1. The highest BCUT2D eigenvalue weighted by molar-refractivity contribution is 7.99. The predicted molar refractivity (Wildman–Crippen MR) is 94.1 cm³/mol. The lowest BCUT2D eigenvalue weighted by atomic mass is 10.1. The number of fused-ring (bicyclic) bond motifs is 1. The second-order valence-electron chi connectivity index (χ2n) is 6.15.